The van der Waals surface area contributed by atoms with Gasteiger partial charge in [0.2, 0.25) is 0 Å². The Kier molecular flexibility index (Phi) is 4.98. The van der Waals surface area contributed by atoms with Crippen molar-refractivity contribution in [2.24, 2.45) is 0 Å². The maximum absolute atomic E-state index is 12.9. The zero-order valence-corrected chi connectivity index (χ0v) is 11.0. The Morgan fingerprint density at radius 2 is 2.00 bits per heavy atom. The van der Waals surface area contributed by atoms with E-state index in [4.69, 9.17) is 0 Å². The lowest BCUT2D eigenvalue weighted by Crippen LogP contribution is -2.25. The predicted molar refractivity (Wildman–Crippen MR) is 73.2 cm³/mol. The second-order valence-electron chi connectivity index (χ2n) is 4.47. The van der Waals surface area contributed by atoms with Crippen LogP contribution in [0.15, 0.2) is 42.9 Å². The third kappa shape index (κ3) is 4.10. The van der Waals surface area contributed by atoms with Crippen molar-refractivity contribution < 1.29 is 4.39 Å². The van der Waals surface area contributed by atoms with Crippen molar-refractivity contribution in [2.45, 2.75) is 25.8 Å². The fourth-order valence-electron chi connectivity index (χ4n) is 1.95. The Labute approximate surface area is 112 Å². The van der Waals surface area contributed by atoms with Gasteiger partial charge in [0.15, 0.2) is 0 Å². The zero-order chi connectivity index (χ0) is 13.5. The topological polar surface area (TPSA) is 37.8 Å². The molecule has 0 saturated carbocycles. The standard InChI is InChI=1S/C15H18FN3/c1-2-7-18-15(10-12-5-8-17-9-6-12)14-4-3-13(16)11-19-14/h3-6,8-9,11,15,18H,2,7,10H2,1H3. The molecule has 0 aliphatic rings. The molecule has 0 aliphatic heterocycles. The molecule has 2 rings (SSSR count). The molecular formula is C15H18FN3. The fourth-order valence-corrected chi connectivity index (χ4v) is 1.95. The van der Waals surface area contributed by atoms with Crippen LogP contribution in [0.5, 0.6) is 0 Å². The third-order valence-corrected chi connectivity index (χ3v) is 2.94. The summed E-state index contributed by atoms with van der Waals surface area (Å²) in [6, 6.07) is 7.27. The number of nitrogens with one attached hydrogen (secondary N) is 1. The molecule has 0 radical (unpaired) electrons. The van der Waals surface area contributed by atoms with E-state index in [0.29, 0.717) is 0 Å². The summed E-state index contributed by atoms with van der Waals surface area (Å²) < 4.78 is 12.9. The van der Waals surface area contributed by atoms with Gasteiger partial charge >= 0.3 is 0 Å². The van der Waals surface area contributed by atoms with Gasteiger partial charge in [-0.1, -0.05) is 6.92 Å². The van der Waals surface area contributed by atoms with Crippen molar-refractivity contribution in [1.29, 1.82) is 0 Å². The number of aromatic nitrogens is 2. The van der Waals surface area contributed by atoms with Crippen molar-refractivity contribution in [1.82, 2.24) is 15.3 Å². The second-order valence-corrected chi connectivity index (χ2v) is 4.47. The van der Waals surface area contributed by atoms with Gasteiger partial charge in [-0.15, -0.1) is 0 Å². The molecule has 0 aromatic carbocycles. The fraction of sp³-hybridized carbons (Fsp3) is 0.333. The van der Waals surface area contributed by atoms with Crippen LogP contribution in [-0.4, -0.2) is 16.5 Å². The van der Waals surface area contributed by atoms with Crippen LogP contribution in [0.4, 0.5) is 4.39 Å². The smallest absolute Gasteiger partial charge is 0.141 e. The molecular weight excluding hydrogens is 241 g/mol. The van der Waals surface area contributed by atoms with Gasteiger partial charge in [0.05, 0.1) is 17.9 Å². The molecule has 3 nitrogen and oxygen atoms in total. The van der Waals surface area contributed by atoms with Crippen LogP contribution in [0.3, 0.4) is 0 Å². The molecule has 19 heavy (non-hydrogen) atoms. The van der Waals surface area contributed by atoms with E-state index in [1.54, 1.807) is 18.5 Å². The molecule has 1 unspecified atom stereocenters. The third-order valence-electron chi connectivity index (χ3n) is 2.94. The minimum atomic E-state index is -0.304. The lowest BCUT2D eigenvalue weighted by molar-refractivity contribution is 0.514. The van der Waals surface area contributed by atoms with Gasteiger partial charge in [0, 0.05) is 12.4 Å². The maximum atomic E-state index is 12.9. The minimum Gasteiger partial charge on any atom is -0.308 e. The van der Waals surface area contributed by atoms with E-state index in [-0.39, 0.29) is 11.9 Å². The maximum Gasteiger partial charge on any atom is 0.141 e. The number of rotatable bonds is 6. The summed E-state index contributed by atoms with van der Waals surface area (Å²) in [4.78, 5) is 8.19. The highest BCUT2D eigenvalue weighted by Crippen LogP contribution is 2.16. The van der Waals surface area contributed by atoms with Crippen molar-refractivity contribution in [2.75, 3.05) is 6.54 Å². The first kappa shape index (κ1) is 13.6. The van der Waals surface area contributed by atoms with Crippen LogP contribution in [-0.2, 0) is 6.42 Å². The van der Waals surface area contributed by atoms with E-state index < -0.39 is 0 Å². The van der Waals surface area contributed by atoms with Gasteiger partial charge < -0.3 is 5.32 Å². The summed E-state index contributed by atoms with van der Waals surface area (Å²) in [7, 11) is 0. The zero-order valence-electron chi connectivity index (χ0n) is 11.0. The normalized spacial score (nSPS) is 12.3. The summed E-state index contributed by atoms with van der Waals surface area (Å²) in [5.41, 5.74) is 2.06. The number of hydrogen-bond acceptors (Lipinski definition) is 3. The first-order chi connectivity index (χ1) is 9.29. The van der Waals surface area contributed by atoms with E-state index in [1.807, 2.05) is 12.1 Å². The van der Waals surface area contributed by atoms with Gasteiger partial charge in [-0.3, -0.25) is 9.97 Å². The Balaban J connectivity index is 2.13. The largest absolute Gasteiger partial charge is 0.308 e. The van der Waals surface area contributed by atoms with Crippen molar-refractivity contribution in [3.8, 4) is 0 Å². The van der Waals surface area contributed by atoms with E-state index in [2.05, 4.69) is 22.2 Å². The number of hydrogen-bond donors (Lipinski definition) is 1. The minimum absolute atomic E-state index is 0.1000. The Morgan fingerprint density at radius 1 is 1.21 bits per heavy atom. The average Bonchev–Trinajstić information content (AvgIpc) is 2.45. The molecule has 0 bridgehead atoms. The molecule has 1 atom stereocenters. The first-order valence-electron chi connectivity index (χ1n) is 6.53. The molecule has 4 heteroatoms. The van der Waals surface area contributed by atoms with Crippen LogP contribution < -0.4 is 5.32 Å². The van der Waals surface area contributed by atoms with Gasteiger partial charge in [-0.05, 0) is 49.2 Å². The van der Waals surface area contributed by atoms with Gasteiger partial charge in [0.25, 0.3) is 0 Å². The van der Waals surface area contributed by atoms with Crippen molar-refractivity contribution >= 4 is 0 Å². The van der Waals surface area contributed by atoms with Gasteiger partial charge in [-0.25, -0.2) is 4.39 Å². The van der Waals surface area contributed by atoms with Crippen LogP contribution in [0.1, 0.15) is 30.6 Å². The van der Waals surface area contributed by atoms with E-state index in [1.165, 1.54) is 17.8 Å². The SMILES string of the molecule is CCCNC(Cc1ccncc1)c1ccc(F)cn1. The molecule has 0 aliphatic carbocycles. The molecule has 2 aromatic heterocycles. The molecule has 0 saturated heterocycles. The summed E-state index contributed by atoms with van der Waals surface area (Å²) in [5, 5.41) is 3.45. The van der Waals surface area contributed by atoms with E-state index >= 15 is 0 Å². The highest BCUT2D eigenvalue weighted by molar-refractivity contribution is 5.17. The van der Waals surface area contributed by atoms with E-state index in [0.717, 1.165) is 25.1 Å². The predicted octanol–water partition coefficient (Wildman–Crippen LogP) is 2.90. The Bertz CT molecular complexity index is 485. The number of pyridine rings is 2. The number of halogens is 1. The average molecular weight is 259 g/mol. The molecule has 1 N–H and O–H groups in total. The van der Waals surface area contributed by atoms with Crippen LogP contribution in [0.2, 0.25) is 0 Å². The molecule has 0 spiro atoms. The van der Waals surface area contributed by atoms with E-state index in [9.17, 15) is 4.39 Å². The van der Waals surface area contributed by atoms with Crippen LogP contribution >= 0.6 is 0 Å². The first-order valence-corrected chi connectivity index (χ1v) is 6.53. The lowest BCUT2D eigenvalue weighted by Gasteiger charge is -2.18. The highest BCUT2D eigenvalue weighted by Gasteiger charge is 2.12. The van der Waals surface area contributed by atoms with Gasteiger partial charge in [0.1, 0.15) is 5.82 Å². The quantitative estimate of drug-likeness (QED) is 0.866. The summed E-state index contributed by atoms with van der Waals surface area (Å²) in [6.07, 6.45) is 6.70. The lowest BCUT2D eigenvalue weighted by atomic mass is 10.0. The molecule has 2 heterocycles. The summed E-state index contributed by atoms with van der Waals surface area (Å²) in [6.45, 7) is 3.03. The van der Waals surface area contributed by atoms with Crippen molar-refractivity contribution in [3.05, 3.63) is 59.9 Å². The number of nitrogens with zero attached hydrogens (tertiary/aromatic N) is 2. The molecule has 0 amide bonds. The second kappa shape index (κ2) is 6.95. The molecule has 100 valence electrons. The molecule has 2 aromatic rings. The van der Waals surface area contributed by atoms with Crippen LogP contribution in [0.25, 0.3) is 0 Å². The Hall–Kier alpha value is -1.81. The van der Waals surface area contributed by atoms with Gasteiger partial charge in [-0.2, -0.15) is 0 Å². The van der Waals surface area contributed by atoms with Crippen molar-refractivity contribution in [3.63, 3.8) is 0 Å². The molecule has 0 fully saturated rings. The monoisotopic (exact) mass is 259 g/mol. The summed E-state index contributed by atoms with van der Waals surface area (Å²) >= 11 is 0. The Morgan fingerprint density at radius 3 is 2.63 bits per heavy atom. The summed E-state index contributed by atoms with van der Waals surface area (Å²) in [5.74, 6) is -0.304. The van der Waals surface area contributed by atoms with Crippen LogP contribution in [0, 0.1) is 5.82 Å². The highest BCUT2D eigenvalue weighted by atomic mass is 19.1.